The predicted octanol–water partition coefficient (Wildman–Crippen LogP) is 4.15. The Bertz CT molecular complexity index is 1210. The molecule has 1 saturated heterocycles. The van der Waals surface area contributed by atoms with Crippen LogP contribution in [0.15, 0.2) is 66.9 Å². The van der Waals surface area contributed by atoms with Gasteiger partial charge in [-0.25, -0.2) is 9.78 Å². The normalized spacial score (nSPS) is 12.8. The van der Waals surface area contributed by atoms with Crippen molar-refractivity contribution in [2.75, 3.05) is 35.3 Å². The summed E-state index contributed by atoms with van der Waals surface area (Å²) in [7, 11) is 0. The summed E-state index contributed by atoms with van der Waals surface area (Å²) in [5.74, 6) is -0.0629. The van der Waals surface area contributed by atoms with Crippen LogP contribution in [-0.2, 0) is 14.3 Å². The highest BCUT2D eigenvalue weighted by Gasteiger charge is 2.22. The van der Waals surface area contributed by atoms with E-state index in [2.05, 4.69) is 15.6 Å². The third kappa shape index (κ3) is 6.14. The zero-order chi connectivity index (χ0) is 24.6. The SMILES string of the molecule is CCOc1ccc(Nc2ncccc2C(=O)OCC(=O)Nc2cccc(N3CCCC3=O)c2)cc1. The van der Waals surface area contributed by atoms with Crippen molar-refractivity contribution in [3.8, 4) is 5.75 Å². The number of pyridine rings is 1. The van der Waals surface area contributed by atoms with Crippen LogP contribution in [-0.4, -0.2) is 42.5 Å². The van der Waals surface area contributed by atoms with Gasteiger partial charge in [-0.1, -0.05) is 6.07 Å². The van der Waals surface area contributed by atoms with Crippen molar-refractivity contribution in [2.24, 2.45) is 0 Å². The van der Waals surface area contributed by atoms with E-state index in [1.54, 1.807) is 41.4 Å². The molecule has 2 amide bonds. The van der Waals surface area contributed by atoms with Gasteiger partial charge in [0, 0.05) is 36.2 Å². The lowest BCUT2D eigenvalue weighted by Crippen LogP contribution is -2.24. The fraction of sp³-hybridized carbons (Fsp3) is 0.231. The first-order valence-corrected chi connectivity index (χ1v) is 11.4. The minimum absolute atomic E-state index is 0.0635. The second kappa shape index (κ2) is 11.1. The van der Waals surface area contributed by atoms with E-state index in [9.17, 15) is 14.4 Å². The van der Waals surface area contributed by atoms with Crippen molar-refractivity contribution in [2.45, 2.75) is 19.8 Å². The third-order valence-corrected chi connectivity index (χ3v) is 5.31. The predicted molar refractivity (Wildman–Crippen MR) is 132 cm³/mol. The molecule has 0 spiro atoms. The third-order valence-electron chi connectivity index (χ3n) is 5.31. The highest BCUT2D eigenvalue weighted by atomic mass is 16.5. The number of rotatable bonds is 9. The maximum absolute atomic E-state index is 12.7. The molecular formula is C26H26N4O5. The molecule has 0 aliphatic carbocycles. The summed E-state index contributed by atoms with van der Waals surface area (Å²) in [5, 5.41) is 5.79. The molecule has 4 rings (SSSR count). The van der Waals surface area contributed by atoms with E-state index in [4.69, 9.17) is 9.47 Å². The maximum Gasteiger partial charge on any atom is 0.342 e. The molecule has 2 N–H and O–H groups in total. The van der Waals surface area contributed by atoms with Crippen molar-refractivity contribution in [1.82, 2.24) is 4.98 Å². The monoisotopic (exact) mass is 474 g/mol. The van der Waals surface area contributed by atoms with Gasteiger partial charge in [-0.3, -0.25) is 9.59 Å². The molecule has 0 radical (unpaired) electrons. The van der Waals surface area contributed by atoms with Gasteiger partial charge < -0.3 is 25.0 Å². The number of ether oxygens (including phenoxy) is 2. The summed E-state index contributed by atoms with van der Waals surface area (Å²) < 4.78 is 10.7. The summed E-state index contributed by atoms with van der Waals surface area (Å²) in [5.41, 5.74) is 2.16. The van der Waals surface area contributed by atoms with E-state index in [1.165, 1.54) is 0 Å². The number of benzene rings is 2. The van der Waals surface area contributed by atoms with Crippen LogP contribution < -0.4 is 20.3 Å². The van der Waals surface area contributed by atoms with Gasteiger partial charge >= 0.3 is 5.97 Å². The first-order chi connectivity index (χ1) is 17.0. The molecule has 0 unspecified atom stereocenters. The largest absolute Gasteiger partial charge is 0.494 e. The average Bonchev–Trinajstić information content (AvgIpc) is 3.30. The lowest BCUT2D eigenvalue weighted by molar-refractivity contribution is -0.119. The Labute approximate surface area is 203 Å². The maximum atomic E-state index is 12.7. The van der Waals surface area contributed by atoms with Gasteiger partial charge in [0.25, 0.3) is 5.91 Å². The smallest absolute Gasteiger partial charge is 0.342 e. The molecule has 3 aromatic rings. The van der Waals surface area contributed by atoms with E-state index in [0.717, 1.165) is 23.5 Å². The molecule has 2 heterocycles. The summed E-state index contributed by atoms with van der Waals surface area (Å²) in [6, 6.07) is 17.4. The van der Waals surface area contributed by atoms with Crippen LogP contribution in [0.2, 0.25) is 0 Å². The van der Waals surface area contributed by atoms with E-state index in [1.807, 2.05) is 37.3 Å². The molecule has 1 aromatic heterocycles. The molecular weight excluding hydrogens is 448 g/mol. The van der Waals surface area contributed by atoms with Crippen molar-refractivity contribution in [3.63, 3.8) is 0 Å². The van der Waals surface area contributed by atoms with Gasteiger partial charge in [-0.2, -0.15) is 0 Å². The molecule has 9 heteroatoms. The highest BCUT2D eigenvalue weighted by Crippen LogP contribution is 2.25. The van der Waals surface area contributed by atoms with Gasteiger partial charge in [0.15, 0.2) is 6.61 Å². The zero-order valence-corrected chi connectivity index (χ0v) is 19.3. The van der Waals surface area contributed by atoms with Crippen LogP contribution in [0.3, 0.4) is 0 Å². The number of anilines is 4. The Morgan fingerprint density at radius 2 is 1.89 bits per heavy atom. The summed E-state index contributed by atoms with van der Waals surface area (Å²) in [6.45, 7) is 2.67. The molecule has 2 aromatic carbocycles. The summed E-state index contributed by atoms with van der Waals surface area (Å²) in [6.07, 6.45) is 2.89. The second-order valence-corrected chi connectivity index (χ2v) is 7.81. The molecule has 1 aliphatic heterocycles. The lowest BCUT2D eigenvalue weighted by atomic mass is 10.2. The molecule has 1 fully saturated rings. The number of hydrogen-bond donors (Lipinski definition) is 2. The minimum atomic E-state index is -0.682. The first-order valence-electron chi connectivity index (χ1n) is 11.4. The molecule has 1 aliphatic rings. The Kier molecular flexibility index (Phi) is 7.57. The highest BCUT2D eigenvalue weighted by molar-refractivity contribution is 5.99. The lowest BCUT2D eigenvalue weighted by Gasteiger charge is -2.16. The first kappa shape index (κ1) is 23.7. The van der Waals surface area contributed by atoms with Gasteiger partial charge in [0.05, 0.1) is 6.61 Å². The zero-order valence-electron chi connectivity index (χ0n) is 19.3. The van der Waals surface area contributed by atoms with E-state index >= 15 is 0 Å². The van der Waals surface area contributed by atoms with Crippen molar-refractivity contribution in [3.05, 3.63) is 72.4 Å². The standard InChI is InChI=1S/C26H26N4O5/c1-2-34-21-12-10-18(11-13-21)29-25-22(8-4-14-27-25)26(33)35-17-23(31)28-19-6-3-7-20(16-19)30-15-5-9-24(30)32/h3-4,6-8,10-14,16H,2,5,9,15,17H2,1H3,(H,27,29)(H,28,31). The number of carbonyl (C=O) groups excluding carboxylic acids is 3. The number of esters is 1. The minimum Gasteiger partial charge on any atom is -0.494 e. The molecule has 0 saturated carbocycles. The number of nitrogens with zero attached hydrogens (tertiary/aromatic N) is 2. The van der Waals surface area contributed by atoms with Crippen LogP contribution >= 0.6 is 0 Å². The fourth-order valence-electron chi connectivity index (χ4n) is 3.69. The molecule has 0 atom stereocenters. The fourth-order valence-corrected chi connectivity index (χ4v) is 3.69. The molecule has 9 nitrogen and oxygen atoms in total. The average molecular weight is 475 g/mol. The Balaban J connectivity index is 1.35. The quantitative estimate of drug-likeness (QED) is 0.449. The van der Waals surface area contributed by atoms with Crippen molar-refractivity contribution >= 4 is 40.7 Å². The van der Waals surface area contributed by atoms with Gasteiger partial charge in [-0.15, -0.1) is 0 Å². The number of hydrogen-bond acceptors (Lipinski definition) is 7. The van der Waals surface area contributed by atoms with E-state index in [-0.39, 0.29) is 11.5 Å². The summed E-state index contributed by atoms with van der Waals surface area (Å²) >= 11 is 0. The topological polar surface area (TPSA) is 110 Å². The molecule has 35 heavy (non-hydrogen) atoms. The van der Waals surface area contributed by atoms with Crippen molar-refractivity contribution in [1.29, 1.82) is 0 Å². The van der Waals surface area contributed by atoms with Crippen LogP contribution in [0.25, 0.3) is 0 Å². The van der Waals surface area contributed by atoms with Crippen LogP contribution in [0.1, 0.15) is 30.1 Å². The van der Waals surface area contributed by atoms with Crippen LogP contribution in [0.5, 0.6) is 5.75 Å². The van der Waals surface area contributed by atoms with Gasteiger partial charge in [-0.05, 0) is 67.9 Å². The van der Waals surface area contributed by atoms with Gasteiger partial charge in [0.2, 0.25) is 5.91 Å². The number of nitrogens with one attached hydrogen (secondary N) is 2. The molecule has 0 bridgehead atoms. The summed E-state index contributed by atoms with van der Waals surface area (Å²) in [4.78, 5) is 43.0. The van der Waals surface area contributed by atoms with Crippen LogP contribution in [0.4, 0.5) is 22.9 Å². The number of aromatic nitrogens is 1. The van der Waals surface area contributed by atoms with E-state index in [0.29, 0.717) is 31.1 Å². The molecule has 180 valence electrons. The Morgan fingerprint density at radius 1 is 1.06 bits per heavy atom. The van der Waals surface area contributed by atoms with Gasteiger partial charge in [0.1, 0.15) is 17.1 Å². The Hall–Kier alpha value is -4.40. The van der Waals surface area contributed by atoms with Crippen molar-refractivity contribution < 1.29 is 23.9 Å². The number of carbonyl (C=O) groups is 3. The second-order valence-electron chi connectivity index (χ2n) is 7.81. The van der Waals surface area contributed by atoms with E-state index < -0.39 is 18.5 Å². The Morgan fingerprint density at radius 3 is 2.63 bits per heavy atom. The van der Waals surface area contributed by atoms with Crippen LogP contribution in [0, 0.1) is 0 Å². The number of amides is 2.